The lowest BCUT2D eigenvalue weighted by atomic mass is 10.4. The Morgan fingerprint density at radius 3 is 1.80 bits per heavy atom. The molecule has 0 aliphatic heterocycles. The van der Waals surface area contributed by atoms with Gasteiger partial charge in [0.15, 0.2) is 0 Å². The average Bonchev–Trinajstić information content (AvgIpc) is 1.90. The zero-order valence-electron chi connectivity index (χ0n) is 6.30. The van der Waals surface area contributed by atoms with Gasteiger partial charge >= 0.3 is 0 Å². The van der Waals surface area contributed by atoms with Crippen molar-refractivity contribution in [3.05, 3.63) is 9.81 Å². The molecule has 58 valence electrons. The molecule has 2 N–H and O–H groups in total. The molecule has 0 rings (SSSR count). The maximum atomic E-state index is 5.43. The monoisotopic (exact) mass is 193 g/mol. The summed E-state index contributed by atoms with van der Waals surface area (Å²) in [7, 11) is 0. The summed E-state index contributed by atoms with van der Waals surface area (Å²) >= 11 is 8.18. The first kappa shape index (κ1) is 10.3. The Labute approximate surface area is 75.8 Å². The lowest BCUT2D eigenvalue weighted by molar-refractivity contribution is 1.58. The summed E-state index contributed by atoms with van der Waals surface area (Å²) in [5, 5.41) is 0. The fourth-order valence-electron chi connectivity index (χ4n) is 0.490. The van der Waals surface area contributed by atoms with Gasteiger partial charge in [-0.2, -0.15) is 0 Å². The van der Waals surface area contributed by atoms with Gasteiger partial charge in [0.05, 0.1) is 0 Å². The minimum atomic E-state index is 0.499. The Bertz CT molecular complexity index is 156. The standard InChI is InChI=1S/C6H11NS3/c1-4(5(7)8)6(9-2)10-3/h1-3H3,(H2,7,8). The molecule has 0 radical (unpaired) electrons. The third-order valence-electron chi connectivity index (χ3n) is 1.05. The highest BCUT2D eigenvalue weighted by Gasteiger charge is 2.00. The smallest absolute Gasteiger partial charge is 0.101 e. The fourth-order valence-corrected chi connectivity index (χ4v) is 2.22. The van der Waals surface area contributed by atoms with Crippen molar-refractivity contribution in [3.63, 3.8) is 0 Å². The quantitative estimate of drug-likeness (QED) is 0.549. The second-order valence-corrected chi connectivity index (χ2v) is 4.02. The Kier molecular flexibility index (Phi) is 5.21. The molecule has 0 aromatic rings. The van der Waals surface area contributed by atoms with Crippen molar-refractivity contribution in [1.82, 2.24) is 0 Å². The van der Waals surface area contributed by atoms with Crippen LogP contribution in [-0.4, -0.2) is 17.5 Å². The molecule has 0 unspecified atom stereocenters. The van der Waals surface area contributed by atoms with E-state index in [2.05, 4.69) is 0 Å². The van der Waals surface area contributed by atoms with Crippen LogP contribution < -0.4 is 5.73 Å². The van der Waals surface area contributed by atoms with Crippen molar-refractivity contribution < 1.29 is 0 Å². The first-order valence-electron chi connectivity index (χ1n) is 2.72. The maximum absolute atomic E-state index is 5.43. The summed E-state index contributed by atoms with van der Waals surface area (Å²) < 4.78 is 1.20. The van der Waals surface area contributed by atoms with Crippen LogP contribution in [0.1, 0.15) is 6.92 Å². The van der Waals surface area contributed by atoms with Gasteiger partial charge in [-0.25, -0.2) is 0 Å². The van der Waals surface area contributed by atoms with Gasteiger partial charge in [0.1, 0.15) is 4.99 Å². The van der Waals surface area contributed by atoms with Crippen molar-refractivity contribution in [1.29, 1.82) is 0 Å². The van der Waals surface area contributed by atoms with E-state index in [0.29, 0.717) is 4.99 Å². The number of hydrogen-bond acceptors (Lipinski definition) is 3. The number of nitrogens with two attached hydrogens (primary N) is 1. The molecule has 10 heavy (non-hydrogen) atoms. The van der Waals surface area contributed by atoms with Gasteiger partial charge in [-0.15, -0.1) is 23.5 Å². The topological polar surface area (TPSA) is 26.0 Å². The molecule has 0 saturated heterocycles. The van der Waals surface area contributed by atoms with Crippen molar-refractivity contribution in [2.75, 3.05) is 12.5 Å². The van der Waals surface area contributed by atoms with Gasteiger partial charge in [0.25, 0.3) is 0 Å². The highest BCUT2D eigenvalue weighted by Crippen LogP contribution is 2.27. The maximum Gasteiger partial charge on any atom is 0.101 e. The molecule has 0 aliphatic carbocycles. The zero-order valence-corrected chi connectivity index (χ0v) is 8.75. The van der Waals surface area contributed by atoms with E-state index in [9.17, 15) is 0 Å². The van der Waals surface area contributed by atoms with Crippen LogP contribution >= 0.6 is 35.7 Å². The molecule has 0 saturated carbocycles. The van der Waals surface area contributed by atoms with Crippen molar-refractivity contribution in [2.24, 2.45) is 5.73 Å². The van der Waals surface area contributed by atoms with Crippen molar-refractivity contribution in [3.8, 4) is 0 Å². The van der Waals surface area contributed by atoms with Gasteiger partial charge in [0, 0.05) is 9.81 Å². The first-order valence-corrected chi connectivity index (χ1v) is 5.58. The van der Waals surface area contributed by atoms with Crippen molar-refractivity contribution in [2.45, 2.75) is 6.92 Å². The normalized spacial score (nSPS) is 9.10. The van der Waals surface area contributed by atoms with Gasteiger partial charge in [-0.3, -0.25) is 0 Å². The Morgan fingerprint density at radius 2 is 1.70 bits per heavy atom. The molecule has 0 heterocycles. The molecule has 0 spiro atoms. The summed E-state index contributed by atoms with van der Waals surface area (Å²) in [6.07, 6.45) is 4.04. The second kappa shape index (κ2) is 5.04. The minimum absolute atomic E-state index is 0.499. The summed E-state index contributed by atoms with van der Waals surface area (Å²) in [6.45, 7) is 1.95. The molecule has 4 heteroatoms. The molecule has 0 aliphatic rings. The van der Waals surface area contributed by atoms with E-state index >= 15 is 0 Å². The van der Waals surface area contributed by atoms with Crippen LogP contribution in [0.5, 0.6) is 0 Å². The van der Waals surface area contributed by atoms with Crippen molar-refractivity contribution >= 4 is 40.7 Å². The highest BCUT2D eigenvalue weighted by atomic mass is 32.2. The number of rotatable bonds is 3. The predicted molar refractivity (Wildman–Crippen MR) is 56.5 cm³/mol. The molecule has 0 atom stereocenters. The third kappa shape index (κ3) is 2.94. The molecule has 1 nitrogen and oxygen atoms in total. The lowest BCUT2D eigenvalue weighted by Gasteiger charge is -2.03. The molecule has 0 aromatic carbocycles. The summed E-state index contributed by atoms with van der Waals surface area (Å²) in [6, 6.07) is 0. The van der Waals surface area contributed by atoms with Gasteiger partial charge in [-0.05, 0) is 19.4 Å². The largest absolute Gasteiger partial charge is 0.390 e. The van der Waals surface area contributed by atoms with E-state index in [1.165, 1.54) is 4.24 Å². The van der Waals surface area contributed by atoms with Crippen LogP contribution in [0.2, 0.25) is 0 Å². The van der Waals surface area contributed by atoms with E-state index < -0.39 is 0 Å². The van der Waals surface area contributed by atoms with E-state index in [1.54, 1.807) is 23.5 Å². The lowest BCUT2D eigenvalue weighted by Crippen LogP contribution is -2.09. The molecular weight excluding hydrogens is 182 g/mol. The zero-order chi connectivity index (χ0) is 8.15. The van der Waals surface area contributed by atoms with E-state index in [-0.39, 0.29) is 0 Å². The van der Waals surface area contributed by atoms with Crippen LogP contribution in [0, 0.1) is 0 Å². The Morgan fingerprint density at radius 1 is 1.30 bits per heavy atom. The second-order valence-electron chi connectivity index (χ2n) is 1.68. The highest BCUT2D eigenvalue weighted by molar-refractivity contribution is 8.21. The summed E-state index contributed by atoms with van der Waals surface area (Å²) in [5.41, 5.74) is 6.46. The van der Waals surface area contributed by atoms with E-state index in [0.717, 1.165) is 5.57 Å². The molecular formula is C6H11NS3. The molecule has 0 fully saturated rings. The first-order chi connectivity index (χ1) is 4.63. The summed E-state index contributed by atoms with van der Waals surface area (Å²) in [4.78, 5) is 0.499. The molecule has 0 bridgehead atoms. The number of hydrogen-bond donors (Lipinski definition) is 1. The third-order valence-corrected chi connectivity index (χ3v) is 3.71. The van der Waals surface area contributed by atoms with E-state index in [4.69, 9.17) is 18.0 Å². The fraction of sp³-hybridized carbons (Fsp3) is 0.500. The summed E-state index contributed by atoms with van der Waals surface area (Å²) in [5.74, 6) is 0. The van der Waals surface area contributed by atoms with Gasteiger partial charge in [0.2, 0.25) is 0 Å². The van der Waals surface area contributed by atoms with E-state index in [1.807, 2.05) is 19.4 Å². The van der Waals surface area contributed by atoms with Gasteiger partial charge < -0.3 is 5.73 Å². The molecule has 0 amide bonds. The minimum Gasteiger partial charge on any atom is -0.390 e. The van der Waals surface area contributed by atoms with Crippen LogP contribution in [0.25, 0.3) is 0 Å². The Hall–Kier alpha value is 0.330. The molecule has 0 aromatic heterocycles. The van der Waals surface area contributed by atoms with Crippen LogP contribution in [0.4, 0.5) is 0 Å². The predicted octanol–water partition coefficient (Wildman–Crippen LogP) is 2.23. The average molecular weight is 193 g/mol. The SMILES string of the molecule is CSC(SC)=C(C)C(N)=S. The number of thioether (sulfide) groups is 2. The Balaban J connectivity index is 4.43. The van der Waals surface area contributed by atoms with Crippen LogP contribution in [-0.2, 0) is 0 Å². The number of thiocarbonyl (C=S) groups is 1. The van der Waals surface area contributed by atoms with Crippen LogP contribution in [0.3, 0.4) is 0 Å². The van der Waals surface area contributed by atoms with Gasteiger partial charge in [-0.1, -0.05) is 12.2 Å². The van der Waals surface area contributed by atoms with Crippen LogP contribution in [0.15, 0.2) is 9.81 Å².